The smallest absolute Gasteiger partial charge is 0.193 e. The van der Waals surface area contributed by atoms with Crippen LogP contribution < -0.4 is 5.11 Å². The SMILES string of the molecule is Cc1ccccc1C(=O)c1ccccc1C(=O)[O-]. The van der Waals surface area contributed by atoms with Crippen LogP contribution >= 0.6 is 0 Å². The monoisotopic (exact) mass is 239 g/mol. The van der Waals surface area contributed by atoms with E-state index in [1.807, 2.05) is 19.1 Å². The van der Waals surface area contributed by atoms with Crippen LogP contribution in [-0.2, 0) is 0 Å². The van der Waals surface area contributed by atoms with E-state index in [0.29, 0.717) is 5.56 Å². The molecule has 2 rings (SSSR count). The van der Waals surface area contributed by atoms with Gasteiger partial charge in [-0.2, -0.15) is 0 Å². The highest BCUT2D eigenvalue weighted by Crippen LogP contribution is 2.16. The summed E-state index contributed by atoms with van der Waals surface area (Å²) < 4.78 is 0. The maximum Gasteiger partial charge on any atom is 0.193 e. The van der Waals surface area contributed by atoms with E-state index in [-0.39, 0.29) is 16.9 Å². The van der Waals surface area contributed by atoms with Crippen molar-refractivity contribution in [3.05, 3.63) is 70.8 Å². The largest absolute Gasteiger partial charge is 0.545 e. The molecular weight excluding hydrogens is 228 g/mol. The van der Waals surface area contributed by atoms with Gasteiger partial charge in [0.1, 0.15) is 0 Å². The molecular formula is C15H11O3-. The minimum atomic E-state index is -1.34. The lowest BCUT2D eigenvalue weighted by atomic mass is 9.96. The molecule has 2 aromatic rings. The molecule has 0 N–H and O–H groups in total. The van der Waals surface area contributed by atoms with Crippen molar-refractivity contribution >= 4 is 11.8 Å². The van der Waals surface area contributed by atoms with Gasteiger partial charge in [-0.05, 0) is 12.5 Å². The van der Waals surface area contributed by atoms with Crippen LogP contribution in [0.25, 0.3) is 0 Å². The topological polar surface area (TPSA) is 57.2 Å². The second-order valence-corrected chi connectivity index (χ2v) is 3.98. The first kappa shape index (κ1) is 12.0. The van der Waals surface area contributed by atoms with Crippen molar-refractivity contribution in [2.24, 2.45) is 0 Å². The van der Waals surface area contributed by atoms with E-state index >= 15 is 0 Å². The van der Waals surface area contributed by atoms with Crippen molar-refractivity contribution in [3.63, 3.8) is 0 Å². The molecule has 0 fully saturated rings. The highest BCUT2D eigenvalue weighted by molar-refractivity contribution is 6.14. The minimum absolute atomic E-state index is 0.0780. The third kappa shape index (κ3) is 2.15. The van der Waals surface area contributed by atoms with Gasteiger partial charge in [0.15, 0.2) is 5.78 Å². The Kier molecular flexibility index (Phi) is 3.24. The van der Waals surface area contributed by atoms with E-state index in [9.17, 15) is 14.7 Å². The molecule has 3 heteroatoms. The van der Waals surface area contributed by atoms with E-state index in [2.05, 4.69) is 0 Å². The first-order chi connectivity index (χ1) is 8.61. The standard InChI is InChI=1S/C15H12O3/c1-10-6-2-3-7-11(10)14(16)12-8-4-5-9-13(12)15(17)18/h2-9H,1H3,(H,17,18)/p-1. The Labute approximate surface area is 105 Å². The first-order valence-corrected chi connectivity index (χ1v) is 5.52. The second-order valence-electron chi connectivity index (χ2n) is 3.98. The Morgan fingerprint density at radius 3 is 1.89 bits per heavy atom. The fourth-order valence-corrected chi connectivity index (χ4v) is 1.83. The third-order valence-electron chi connectivity index (χ3n) is 2.78. The number of rotatable bonds is 3. The van der Waals surface area contributed by atoms with Gasteiger partial charge < -0.3 is 9.90 Å². The Bertz CT molecular complexity index is 615. The second kappa shape index (κ2) is 4.84. The lowest BCUT2D eigenvalue weighted by Crippen LogP contribution is -2.25. The Hall–Kier alpha value is -2.42. The Morgan fingerprint density at radius 1 is 0.833 bits per heavy atom. The van der Waals surface area contributed by atoms with E-state index < -0.39 is 5.97 Å². The van der Waals surface area contributed by atoms with Crippen LogP contribution in [-0.4, -0.2) is 11.8 Å². The molecule has 0 aliphatic rings. The fraction of sp³-hybridized carbons (Fsp3) is 0.0667. The van der Waals surface area contributed by atoms with Crippen molar-refractivity contribution in [1.29, 1.82) is 0 Å². The highest BCUT2D eigenvalue weighted by Gasteiger charge is 2.15. The Balaban J connectivity index is 2.54. The maximum atomic E-state index is 12.3. The number of aromatic carboxylic acids is 1. The summed E-state index contributed by atoms with van der Waals surface area (Å²) in [4.78, 5) is 23.3. The number of hydrogen-bond donors (Lipinski definition) is 0. The average Bonchev–Trinajstić information content (AvgIpc) is 2.38. The van der Waals surface area contributed by atoms with Crippen LogP contribution in [0.1, 0.15) is 31.8 Å². The molecule has 3 nitrogen and oxygen atoms in total. The molecule has 0 spiro atoms. The zero-order valence-corrected chi connectivity index (χ0v) is 9.84. The summed E-state index contributed by atoms with van der Waals surface area (Å²) in [5.74, 6) is -1.64. The fourth-order valence-electron chi connectivity index (χ4n) is 1.83. The molecule has 2 aromatic carbocycles. The molecule has 0 unspecified atom stereocenters. The summed E-state index contributed by atoms with van der Waals surface area (Å²) in [6.07, 6.45) is 0. The van der Waals surface area contributed by atoms with Gasteiger partial charge in [0.25, 0.3) is 0 Å². The molecule has 0 aromatic heterocycles. The number of carbonyl (C=O) groups is 2. The zero-order chi connectivity index (χ0) is 13.1. The van der Waals surface area contributed by atoms with Gasteiger partial charge in [-0.25, -0.2) is 0 Å². The van der Waals surface area contributed by atoms with Gasteiger partial charge in [0.2, 0.25) is 0 Å². The van der Waals surface area contributed by atoms with Gasteiger partial charge in [-0.1, -0.05) is 48.5 Å². The molecule has 0 atom stereocenters. The summed E-state index contributed by atoms with van der Waals surface area (Å²) in [5, 5.41) is 11.0. The van der Waals surface area contributed by atoms with E-state index in [4.69, 9.17) is 0 Å². The minimum Gasteiger partial charge on any atom is -0.545 e. The normalized spacial score (nSPS) is 10.1. The van der Waals surface area contributed by atoms with Gasteiger partial charge >= 0.3 is 0 Å². The molecule has 0 aliphatic carbocycles. The number of benzene rings is 2. The first-order valence-electron chi connectivity index (χ1n) is 5.52. The van der Waals surface area contributed by atoms with E-state index in [0.717, 1.165) is 5.56 Å². The predicted molar refractivity (Wildman–Crippen MR) is 65.4 cm³/mol. The van der Waals surface area contributed by atoms with Crippen molar-refractivity contribution in [2.45, 2.75) is 6.92 Å². The van der Waals surface area contributed by atoms with Crippen molar-refractivity contribution in [1.82, 2.24) is 0 Å². The van der Waals surface area contributed by atoms with Crippen LogP contribution in [0.3, 0.4) is 0 Å². The molecule has 0 radical (unpaired) electrons. The van der Waals surface area contributed by atoms with Gasteiger partial charge in [0.05, 0.1) is 5.97 Å². The molecule has 0 saturated heterocycles. The summed E-state index contributed by atoms with van der Waals surface area (Å²) in [7, 11) is 0. The molecule has 0 aliphatic heterocycles. The lowest BCUT2D eigenvalue weighted by molar-refractivity contribution is -0.255. The quantitative estimate of drug-likeness (QED) is 0.764. The summed E-state index contributed by atoms with van der Waals surface area (Å²) in [5.41, 5.74) is 1.40. The number of carboxylic acid groups (broad SMARTS) is 1. The number of carboxylic acids is 1. The predicted octanol–water partition coefficient (Wildman–Crippen LogP) is 1.59. The molecule has 0 saturated carbocycles. The molecule has 0 amide bonds. The highest BCUT2D eigenvalue weighted by atomic mass is 16.4. The average molecular weight is 239 g/mol. The van der Waals surface area contributed by atoms with Gasteiger partial charge in [-0.3, -0.25) is 4.79 Å². The van der Waals surface area contributed by atoms with Crippen LogP contribution in [0.15, 0.2) is 48.5 Å². The summed E-state index contributed by atoms with van der Waals surface area (Å²) >= 11 is 0. The van der Waals surface area contributed by atoms with Crippen molar-refractivity contribution in [2.75, 3.05) is 0 Å². The summed E-state index contributed by atoms with van der Waals surface area (Å²) in [6.45, 7) is 1.81. The van der Waals surface area contributed by atoms with Gasteiger partial charge in [-0.15, -0.1) is 0 Å². The number of ketones is 1. The van der Waals surface area contributed by atoms with Crippen molar-refractivity contribution in [3.8, 4) is 0 Å². The molecule has 0 heterocycles. The number of aryl methyl sites for hydroxylation is 1. The third-order valence-corrected chi connectivity index (χ3v) is 2.78. The lowest BCUT2D eigenvalue weighted by Gasteiger charge is -2.10. The van der Waals surface area contributed by atoms with Crippen LogP contribution in [0.5, 0.6) is 0 Å². The van der Waals surface area contributed by atoms with Crippen LogP contribution in [0.2, 0.25) is 0 Å². The molecule has 18 heavy (non-hydrogen) atoms. The zero-order valence-electron chi connectivity index (χ0n) is 9.84. The van der Waals surface area contributed by atoms with E-state index in [1.54, 1.807) is 24.3 Å². The van der Waals surface area contributed by atoms with Crippen LogP contribution in [0, 0.1) is 6.92 Å². The summed E-state index contributed by atoms with van der Waals surface area (Å²) in [6, 6.07) is 13.2. The number of hydrogen-bond acceptors (Lipinski definition) is 3. The molecule has 0 bridgehead atoms. The van der Waals surface area contributed by atoms with Crippen molar-refractivity contribution < 1.29 is 14.7 Å². The Morgan fingerprint density at radius 2 is 1.33 bits per heavy atom. The van der Waals surface area contributed by atoms with Gasteiger partial charge in [0, 0.05) is 16.7 Å². The number of carbonyl (C=O) groups excluding carboxylic acids is 2. The molecule has 90 valence electrons. The van der Waals surface area contributed by atoms with Crippen LogP contribution in [0.4, 0.5) is 0 Å². The maximum absolute atomic E-state index is 12.3. The van der Waals surface area contributed by atoms with E-state index in [1.165, 1.54) is 12.1 Å².